The van der Waals surface area contributed by atoms with Gasteiger partial charge in [-0.3, -0.25) is 0 Å². The van der Waals surface area contributed by atoms with Crippen LogP contribution < -0.4 is 10.6 Å². The van der Waals surface area contributed by atoms with Gasteiger partial charge in [-0.2, -0.15) is 0 Å². The summed E-state index contributed by atoms with van der Waals surface area (Å²) in [6, 6.07) is 0.0432. The molecule has 0 aliphatic heterocycles. The molecular formula is C9H16N4O. The lowest BCUT2D eigenvalue weighted by atomic mass is 10.3. The van der Waals surface area contributed by atoms with Gasteiger partial charge in [0.2, 0.25) is 0 Å². The highest BCUT2D eigenvalue weighted by Crippen LogP contribution is 1.90. The number of nitrogens with one attached hydrogen (secondary N) is 3. The van der Waals surface area contributed by atoms with Crippen molar-refractivity contribution in [2.24, 2.45) is 0 Å². The van der Waals surface area contributed by atoms with Crippen molar-refractivity contribution in [1.82, 2.24) is 20.6 Å². The van der Waals surface area contributed by atoms with Gasteiger partial charge in [0.25, 0.3) is 0 Å². The third-order valence-corrected chi connectivity index (χ3v) is 1.65. The molecule has 0 aliphatic rings. The van der Waals surface area contributed by atoms with Gasteiger partial charge in [-0.05, 0) is 13.8 Å². The summed E-state index contributed by atoms with van der Waals surface area (Å²) in [5.41, 5.74) is 1.02. The Labute approximate surface area is 83.3 Å². The summed E-state index contributed by atoms with van der Waals surface area (Å²) in [5.74, 6) is 0. The molecule has 0 bridgehead atoms. The zero-order valence-corrected chi connectivity index (χ0v) is 8.50. The average Bonchev–Trinajstić information content (AvgIpc) is 2.55. The second-order valence-electron chi connectivity index (χ2n) is 3.38. The maximum atomic E-state index is 11.1. The Morgan fingerprint density at radius 2 is 2.43 bits per heavy atom. The number of amides is 2. The van der Waals surface area contributed by atoms with E-state index in [-0.39, 0.29) is 12.1 Å². The molecule has 78 valence electrons. The number of imidazole rings is 1. The third-order valence-electron chi connectivity index (χ3n) is 1.65. The predicted molar refractivity (Wildman–Crippen MR) is 54.0 cm³/mol. The molecule has 2 amide bonds. The molecule has 14 heavy (non-hydrogen) atoms. The number of aromatic amines is 1. The first-order chi connectivity index (χ1) is 6.68. The number of rotatable bonds is 4. The highest BCUT2D eigenvalue weighted by Gasteiger charge is 2.01. The monoisotopic (exact) mass is 196 g/mol. The molecule has 0 fully saturated rings. The van der Waals surface area contributed by atoms with Crippen LogP contribution in [0.5, 0.6) is 0 Å². The van der Waals surface area contributed by atoms with E-state index in [1.165, 1.54) is 0 Å². The highest BCUT2D eigenvalue weighted by molar-refractivity contribution is 5.74. The Morgan fingerprint density at radius 3 is 3.00 bits per heavy atom. The quantitative estimate of drug-likeness (QED) is 0.662. The lowest BCUT2D eigenvalue weighted by Gasteiger charge is -2.09. The van der Waals surface area contributed by atoms with Crippen molar-refractivity contribution in [3.05, 3.63) is 18.2 Å². The van der Waals surface area contributed by atoms with Crippen molar-refractivity contribution in [3.8, 4) is 0 Å². The normalized spacial score (nSPS) is 10.2. The number of carbonyl (C=O) groups excluding carboxylic acids is 1. The van der Waals surface area contributed by atoms with E-state index < -0.39 is 0 Å². The highest BCUT2D eigenvalue weighted by atomic mass is 16.2. The molecule has 0 unspecified atom stereocenters. The van der Waals surface area contributed by atoms with Crippen LogP contribution in [-0.4, -0.2) is 28.6 Å². The summed E-state index contributed by atoms with van der Waals surface area (Å²) in [6.07, 6.45) is 4.15. The van der Waals surface area contributed by atoms with E-state index in [9.17, 15) is 4.79 Å². The summed E-state index contributed by atoms with van der Waals surface area (Å²) >= 11 is 0. The van der Waals surface area contributed by atoms with Crippen LogP contribution in [0.3, 0.4) is 0 Å². The van der Waals surface area contributed by atoms with Crippen LogP contribution in [-0.2, 0) is 6.42 Å². The van der Waals surface area contributed by atoms with E-state index in [1.807, 2.05) is 13.8 Å². The van der Waals surface area contributed by atoms with Gasteiger partial charge in [0, 0.05) is 30.9 Å². The SMILES string of the molecule is CC(C)NC(=O)NCCc1cnc[nH]1. The van der Waals surface area contributed by atoms with Crippen molar-refractivity contribution >= 4 is 6.03 Å². The predicted octanol–water partition coefficient (Wildman–Crippen LogP) is 0.660. The molecule has 1 aromatic rings. The fourth-order valence-electron chi connectivity index (χ4n) is 1.05. The molecule has 0 aromatic carbocycles. The van der Waals surface area contributed by atoms with Crippen molar-refractivity contribution in [1.29, 1.82) is 0 Å². The first-order valence-corrected chi connectivity index (χ1v) is 4.70. The van der Waals surface area contributed by atoms with Gasteiger partial charge in [-0.25, -0.2) is 9.78 Å². The number of carbonyl (C=O) groups is 1. The van der Waals surface area contributed by atoms with E-state index >= 15 is 0 Å². The molecule has 0 aliphatic carbocycles. The number of hydrogen-bond donors (Lipinski definition) is 3. The number of H-pyrrole nitrogens is 1. The smallest absolute Gasteiger partial charge is 0.314 e. The number of aromatic nitrogens is 2. The molecule has 0 saturated carbocycles. The maximum absolute atomic E-state index is 11.1. The Morgan fingerprint density at radius 1 is 1.64 bits per heavy atom. The zero-order chi connectivity index (χ0) is 10.4. The van der Waals surface area contributed by atoms with Crippen LogP contribution in [0.25, 0.3) is 0 Å². The van der Waals surface area contributed by atoms with Crippen LogP contribution in [0, 0.1) is 0 Å². The van der Waals surface area contributed by atoms with E-state index in [1.54, 1.807) is 12.5 Å². The fourth-order valence-corrected chi connectivity index (χ4v) is 1.05. The Bertz CT molecular complexity index is 268. The van der Waals surface area contributed by atoms with E-state index in [0.29, 0.717) is 6.54 Å². The summed E-state index contributed by atoms with van der Waals surface area (Å²) in [6.45, 7) is 4.46. The van der Waals surface area contributed by atoms with Crippen molar-refractivity contribution < 1.29 is 4.79 Å². The Hall–Kier alpha value is -1.52. The molecule has 1 heterocycles. The van der Waals surface area contributed by atoms with E-state index in [4.69, 9.17) is 0 Å². The summed E-state index contributed by atoms with van der Waals surface area (Å²) < 4.78 is 0. The molecule has 1 aromatic heterocycles. The standard InChI is InChI=1S/C9H16N4O/c1-7(2)13-9(14)11-4-3-8-5-10-6-12-8/h5-7H,3-4H2,1-2H3,(H,10,12)(H2,11,13,14). The molecule has 0 atom stereocenters. The number of nitrogens with zero attached hydrogens (tertiary/aromatic N) is 1. The second-order valence-corrected chi connectivity index (χ2v) is 3.38. The van der Waals surface area contributed by atoms with Crippen LogP contribution in [0.4, 0.5) is 4.79 Å². The van der Waals surface area contributed by atoms with Gasteiger partial charge in [-0.1, -0.05) is 0 Å². The van der Waals surface area contributed by atoms with Gasteiger partial charge in [0.15, 0.2) is 0 Å². The molecule has 0 radical (unpaired) electrons. The Kier molecular flexibility index (Phi) is 3.97. The van der Waals surface area contributed by atoms with Crippen LogP contribution in [0.1, 0.15) is 19.5 Å². The molecule has 5 heteroatoms. The zero-order valence-electron chi connectivity index (χ0n) is 8.50. The van der Waals surface area contributed by atoms with Gasteiger partial charge in [0.1, 0.15) is 0 Å². The van der Waals surface area contributed by atoms with Gasteiger partial charge < -0.3 is 15.6 Å². The molecular weight excluding hydrogens is 180 g/mol. The average molecular weight is 196 g/mol. The summed E-state index contributed by atoms with van der Waals surface area (Å²) in [5, 5.41) is 5.50. The minimum atomic E-state index is -0.125. The summed E-state index contributed by atoms with van der Waals surface area (Å²) in [7, 11) is 0. The number of urea groups is 1. The van der Waals surface area contributed by atoms with Crippen LogP contribution >= 0.6 is 0 Å². The molecule has 3 N–H and O–H groups in total. The number of hydrogen-bond acceptors (Lipinski definition) is 2. The lowest BCUT2D eigenvalue weighted by Crippen LogP contribution is -2.40. The third kappa shape index (κ3) is 3.93. The first kappa shape index (κ1) is 10.6. The fraction of sp³-hybridized carbons (Fsp3) is 0.556. The second kappa shape index (κ2) is 5.26. The van der Waals surface area contributed by atoms with Crippen LogP contribution in [0.2, 0.25) is 0 Å². The molecule has 0 spiro atoms. The maximum Gasteiger partial charge on any atom is 0.314 e. The van der Waals surface area contributed by atoms with E-state index in [2.05, 4.69) is 20.6 Å². The first-order valence-electron chi connectivity index (χ1n) is 4.70. The van der Waals surface area contributed by atoms with E-state index in [0.717, 1.165) is 12.1 Å². The molecule has 5 nitrogen and oxygen atoms in total. The van der Waals surface area contributed by atoms with Crippen molar-refractivity contribution in [3.63, 3.8) is 0 Å². The van der Waals surface area contributed by atoms with Crippen LogP contribution in [0.15, 0.2) is 12.5 Å². The largest absolute Gasteiger partial charge is 0.348 e. The Balaban J connectivity index is 2.12. The molecule has 0 saturated heterocycles. The minimum absolute atomic E-state index is 0.125. The minimum Gasteiger partial charge on any atom is -0.348 e. The lowest BCUT2D eigenvalue weighted by molar-refractivity contribution is 0.238. The summed E-state index contributed by atoms with van der Waals surface area (Å²) in [4.78, 5) is 18.0. The van der Waals surface area contributed by atoms with Crippen molar-refractivity contribution in [2.45, 2.75) is 26.3 Å². The van der Waals surface area contributed by atoms with Gasteiger partial charge in [0.05, 0.1) is 6.33 Å². The molecule has 1 rings (SSSR count). The van der Waals surface area contributed by atoms with Gasteiger partial charge >= 0.3 is 6.03 Å². The van der Waals surface area contributed by atoms with Gasteiger partial charge in [-0.15, -0.1) is 0 Å². The van der Waals surface area contributed by atoms with Crippen molar-refractivity contribution in [2.75, 3.05) is 6.54 Å². The topological polar surface area (TPSA) is 69.8 Å².